The van der Waals surface area contributed by atoms with Gasteiger partial charge in [-0.05, 0) is 32.2 Å². The van der Waals surface area contributed by atoms with Gasteiger partial charge in [0.1, 0.15) is 0 Å². The summed E-state index contributed by atoms with van der Waals surface area (Å²) < 4.78 is 0. The molecule has 0 aromatic rings. The van der Waals surface area contributed by atoms with Crippen LogP contribution in [-0.4, -0.2) is 35.2 Å². The first-order valence-electron chi connectivity index (χ1n) is 5.58. The lowest BCUT2D eigenvalue weighted by atomic mass is 9.86. The molecule has 1 fully saturated rings. The van der Waals surface area contributed by atoms with Gasteiger partial charge in [-0.1, -0.05) is 6.92 Å². The lowest BCUT2D eigenvalue weighted by molar-refractivity contribution is -0.0274. The Bertz CT molecular complexity index is 199. The Morgan fingerprint density at radius 3 is 2.57 bits per heavy atom. The zero-order valence-corrected chi connectivity index (χ0v) is 9.13. The molecule has 14 heavy (non-hydrogen) atoms. The van der Waals surface area contributed by atoms with Gasteiger partial charge >= 0.3 is 0 Å². The molecule has 1 rings (SSSR count). The predicted octanol–water partition coefficient (Wildman–Crippen LogP) is 1.64. The largest absolute Gasteiger partial charge is 0.390 e. The monoisotopic (exact) mass is 195 g/mol. The van der Waals surface area contributed by atoms with Crippen LogP contribution in [0.1, 0.15) is 39.0 Å². The van der Waals surface area contributed by atoms with Crippen LogP contribution in [0.15, 0.2) is 0 Å². The van der Waals surface area contributed by atoms with Crippen LogP contribution >= 0.6 is 0 Å². The SMILES string of the molecule is C#CCCCC1(O)CCN(CC)CC1. The van der Waals surface area contributed by atoms with Crippen molar-refractivity contribution in [3.05, 3.63) is 0 Å². The molecule has 2 heteroatoms. The van der Waals surface area contributed by atoms with E-state index in [1.807, 2.05) is 0 Å². The zero-order chi connectivity index (χ0) is 10.4. The van der Waals surface area contributed by atoms with E-state index >= 15 is 0 Å². The summed E-state index contributed by atoms with van der Waals surface area (Å²) in [5, 5.41) is 10.2. The molecule has 0 bridgehead atoms. The summed E-state index contributed by atoms with van der Waals surface area (Å²) in [5.74, 6) is 2.62. The lowest BCUT2D eigenvalue weighted by Gasteiger charge is -2.37. The molecule has 1 aliphatic heterocycles. The van der Waals surface area contributed by atoms with Gasteiger partial charge in [0.25, 0.3) is 0 Å². The smallest absolute Gasteiger partial charge is 0.0672 e. The van der Waals surface area contributed by atoms with E-state index in [1.165, 1.54) is 0 Å². The van der Waals surface area contributed by atoms with Crippen LogP contribution in [0.25, 0.3) is 0 Å². The number of likely N-dealkylation sites (tertiary alicyclic amines) is 1. The molecule has 0 aromatic heterocycles. The molecule has 0 saturated carbocycles. The molecular formula is C12H21NO. The van der Waals surface area contributed by atoms with Crippen molar-refractivity contribution in [2.45, 2.75) is 44.6 Å². The van der Waals surface area contributed by atoms with E-state index in [9.17, 15) is 5.11 Å². The molecule has 0 atom stereocenters. The maximum absolute atomic E-state index is 10.2. The molecule has 0 aliphatic carbocycles. The molecule has 0 spiro atoms. The van der Waals surface area contributed by atoms with Crippen LogP contribution < -0.4 is 0 Å². The van der Waals surface area contributed by atoms with Gasteiger partial charge in [-0.3, -0.25) is 0 Å². The van der Waals surface area contributed by atoms with Crippen LogP contribution in [0.2, 0.25) is 0 Å². The Labute approximate surface area is 87.3 Å². The minimum absolute atomic E-state index is 0.428. The van der Waals surface area contributed by atoms with Crippen LogP contribution in [0.4, 0.5) is 0 Å². The highest BCUT2D eigenvalue weighted by atomic mass is 16.3. The second-order valence-corrected chi connectivity index (χ2v) is 4.22. The van der Waals surface area contributed by atoms with Gasteiger partial charge in [0.15, 0.2) is 0 Å². The summed E-state index contributed by atoms with van der Waals surface area (Å²) in [6.45, 7) is 5.33. The predicted molar refractivity (Wildman–Crippen MR) is 59.0 cm³/mol. The van der Waals surface area contributed by atoms with Gasteiger partial charge in [-0.2, -0.15) is 0 Å². The maximum atomic E-state index is 10.2. The van der Waals surface area contributed by atoms with Gasteiger partial charge in [-0.25, -0.2) is 0 Å². The number of aliphatic hydroxyl groups is 1. The molecule has 2 nitrogen and oxygen atoms in total. The van der Waals surface area contributed by atoms with E-state index in [2.05, 4.69) is 17.7 Å². The Kier molecular flexibility index (Phi) is 4.44. The first-order valence-corrected chi connectivity index (χ1v) is 5.58. The van der Waals surface area contributed by atoms with E-state index in [0.29, 0.717) is 0 Å². The first kappa shape index (κ1) is 11.6. The number of hydrogen-bond donors (Lipinski definition) is 1. The third-order valence-corrected chi connectivity index (χ3v) is 3.20. The molecule has 0 amide bonds. The number of nitrogens with zero attached hydrogens (tertiary/aromatic N) is 1. The third-order valence-electron chi connectivity index (χ3n) is 3.20. The molecule has 0 radical (unpaired) electrons. The minimum Gasteiger partial charge on any atom is -0.390 e. The van der Waals surface area contributed by atoms with Crippen molar-refractivity contribution in [1.29, 1.82) is 0 Å². The van der Waals surface area contributed by atoms with Gasteiger partial charge in [-0.15, -0.1) is 12.3 Å². The van der Waals surface area contributed by atoms with E-state index < -0.39 is 5.60 Å². The molecule has 80 valence electrons. The van der Waals surface area contributed by atoms with Crippen LogP contribution in [0, 0.1) is 12.3 Å². The normalized spacial score (nSPS) is 21.8. The van der Waals surface area contributed by atoms with E-state index in [1.54, 1.807) is 0 Å². The molecule has 0 unspecified atom stereocenters. The van der Waals surface area contributed by atoms with Crippen molar-refractivity contribution in [1.82, 2.24) is 4.90 Å². The van der Waals surface area contributed by atoms with E-state index in [-0.39, 0.29) is 0 Å². The van der Waals surface area contributed by atoms with Crippen molar-refractivity contribution in [3.8, 4) is 12.3 Å². The first-order chi connectivity index (χ1) is 6.70. The fraction of sp³-hybridized carbons (Fsp3) is 0.833. The van der Waals surface area contributed by atoms with Crippen molar-refractivity contribution in [2.24, 2.45) is 0 Å². The van der Waals surface area contributed by atoms with Crippen LogP contribution in [0.3, 0.4) is 0 Å². The van der Waals surface area contributed by atoms with Crippen molar-refractivity contribution >= 4 is 0 Å². The summed E-state index contributed by atoms with van der Waals surface area (Å²) in [6, 6.07) is 0. The maximum Gasteiger partial charge on any atom is 0.0672 e. The minimum atomic E-state index is -0.428. The van der Waals surface area contributed by atoms with E-state index in [0.717, 1.165) is 51.7 Å². The lowest BCUT2D eigenvalue weighted by Crippen LogP contribution is -2.44. The Morgan fingerprint density at radius 1 is 1.43 bits per heavy atom. The summed E-state index contributed by atoms with van der Waals surface area (Å²) in [5.41, 5.74) is -0.428. The van der Waals surface area contributed by atoms with Crippen LogP contribution in [0.5, 0.6) is 0 Å². The molecule has 1 heterocycles. The fourth-order valence-electron chi connectivity index (χ4n) is 2.05. The second kappa shape index (κ2) is 5.38. The summed E-state index contributed by atoms with van der Waals surface area (Å²) in [7, 11) is 0. The van der Waals surface area contributed by atoms with Gasteiger partial charge < -0.3 is 10.0 Å². The Morgan fingerprint density at radius 2 is 2.07 bits per heavy atom. The fourth-order valence-corrected chi connectivity index (χ4v) is 2.05. The summed E-state index contributed by atoms with van der Waals surface area (Å²) in [6.07, 6.45) is 9.63. The van der Waals surface area contributed by atoms with Crippen molar-refractivity contribution < 1.29 is 5.11 Å². The summed E-state index contributed by atoms with van der Waals surface area (Å²) in [4.78, 5) is 2.38. The third kappa shape index (κ3) is 3.32. The Balaban J connectivity index is 2.27. The highest BCUT2D eigenvalue weighted by Crippen LogP contribution is 2.27. The number of piperidine rings is 1. The Hall–Kier alpha value is -0.520. The average Bonchev–Trinajstić information content (AvgIpc) is 2.19. The van der Waals surface area contributed by atoms with Crippen molar-refractivity contribution in [3.63, 3.8) is 0 Å². The van der Waals surface area contributed by atoms with Gasteiger partial charge in [0.05, 0.1) is 5.60 Å². The highest BCUT2D eigenvalue weighted by Gasteiger charge is 2.30. The quantitative estimate of drug-likeness (QED) is 0.544. The number of terminal acetylenes is 1. The van der Waals surface area contributed by atoms with Crippen LogP contribution in [-0.2, 0) is 0 Å². The van der Waals surface area contributed by atoms with Gasteiger partial charge in [0, 0.05) is 19.5 Å². The number of rotatable bonds is 4. The summed E-state index contributed by atoms with van der Waals surface area (Å²) >= 11 is 0. The zero-order valence-electron chi connectivity index (χ0n) is 9.13. The van der Waals surface area contributed by atoms with Gasteiger partial charge in [0.2, 0.25) is 0 Å². The van der Waals surface area contributed by atoms with Crippen molar-refractivity contribution in [2.75, 3.05) is 19.6 Å². The molecular weight excluding hydrogens is 174 g/mol. The molecule has 1 N–H and O–H groups in total. The highest BCUT2D eigenvalue weighted by molar-refractivity contribution is 4.88. The molecule has 1 aliphatic rings. The number of hydrogen-bond acceptors (Lipinski definition) is 2. The second-order valence-electron chi connectivity index (χ2n) is 4.22. The molecule has 1 saturated heterocycles. The molecule has 0 aromatic carbocycles. The van der Waals surface area contributed by atoms with E-state index in [4.69, 9.17) is 6.42 Å². The standard InChI is InChI=1S/C12H21NO/c1-3-5-6-7-12(14)8-10-13(4-2)11-9-12/h1,14H,4-11H2,2H3. The number of unbranched alkanes of at least 4 members (excludes halogenated alkanes) is 1. The topological polar surface area (TPSA) is 23.5 Å². The average molecular weight is 195 g/mol.